The number of carbonyl (C=O) groups is 1. The van der Waals surface area contributed by atoms with Crippen molar-refractivity contribution in [3.63, 3.8) is 0 Å². The summed E-state index contributed by atoms with van der Waals surface area (Å²) in [5, 5.41) is 14.1. The highest BCUT2D eigenvalue weighted by Crippen LogP contribution is 2.23. The fourth-order valence-corrected chi connectivity index (χ4v) is 2.53. The summed E-state index contributed by atoms with van der Waals surface area (Å²) in [6.45, 7) is 6.09. The van der Waals surface area contributed by atoms with Gasteiger partial charge in [0, 0.05) is 18.6 Å². The fraction of sp³-hybridized carbons (Fsp3) is 0.375. The smallest absolute Gasteiger partial charge is 0.253 e. The molecule has 0 aliphatic rings. The van der Waals surface area contributed by atoms with Crippen LogP contribution in [0.3, 0.4) is 0 Å². The van der Waals surface area contributed by atoms with Gasteiger partial charge >= 0.3 is 0 Å². The minimum absolute atomic E-state index is 0.0296. The van der Waals surface area contributed by atoms with E-state index in [1.165, 1.54) is 0 Å². The summed E-state index contributed by atoms with van der Waals surface area (Å²) in [6.07, 6.45) is 0. The lowest BCUT2D eigenvalue weighted by Crippen LogP contribution is -2.36. The maximum atomic E-state index is 12.2. The lowest BCUT2D eigenvalue weighted by Gasteiger charge is -2.22. The number of carbonyl (C=O) groups excluding carboxylic acids is 1. The number of nitrogens with one attached hydrogen (secondary N) is 1. The average Bonchev–Trinajstić information content (AvgIpc) is 2.99. The molecular weight excluding hydrogens is 284 g/mol. The molecule has 5 heteroatoms. The van der Waals surface area contributed by atoms with Crippen molar-refractivity contribution in [2.45, 2.75) is 20.8 Å². The highest BCUT2D eigenvalue weighted by molar-refractivity contribution is 7.13. The Labute approximate surface area is 128 Å². The van der Waals surface area contributed by atoms with Crippen LogP contribution in [0.1, 0.15) is 29.9 Å². The number of aromatic nitrogens is 1. The van der Waals surface area contributed by atoms with Crippen molar-refractivity contribution in [2.75, 3.05) is 13.2 Å². The van der Waals surface area contributed by atoms with Crippen LogP contribution in [0, 0.1) is 12.3 Å². The van der Waals surface area contributed by atoms with Gasteiger partial charge in [-0.05, 0) is 30.5 Å². The molecule has 4 nitrogen and oxygen atoms in total. The third-order valence-electron chi connectivity index (χ3n) is 3.26. The highest BCUT2D eigenvalue weighted by Gasteiger charge is 2.19. The molecule has 0 spiro atoms. The Bertz CT molecular complexity index is 621. The number of aliphatic hydroxyl groups excluding tert-OH is 1. The van der Waals surface area contributed by atoms with Gasteiger partial charge in [-0.3, -0.25) is 9.78 Å². The number of thiophene rings is 1. The number of hydrogen-bond acceptors (Lipinski definition) is 4. The first-order chi connectivity index (χ1) is 9.93. The second kappa shape index (κ2) is 6.37. The molecule has 21 heavy (non-hydrogen) atoms. The van der Waals surface area contributed by atoms with Crippen LogP contribution in [0.5, 0.6) is 0 Å². The van der Waals surface area contributed by atoms with Crippen LogP contribution in [-0.4, -0.2) is 29.1 Å². The zero-order chi connectivity index (χ0) is 15.5. The molecule has 0 aromatic carbocycles. The van der Waals surface area contributed by atoms with Gasteiger partial charge in [0.2, 0.25) is 0 Å². The van der Waals surface area contributed by atoms with Crippen LogP contribution in [0.15, 0.2) is 29.6 Å². The normalized spacial score (nSPS) is 11.4. The standard InChI is InChI=1S/C16H20N2O2S/c1-11-12(15(20)17-9-16(2,3)10-19)6-7-13(18-11)14-5-4-8-21-14/h4-8,19H,9-10H2,1-3H3,(H,17,20). The molecule has 0 saturated heterocycles. The van der Waals surface area contributed by atoms with Gasteiger partial charge in [0.1, 0.15) is 0 Å². The Morgan fingerprint density at radius 3 is 2.71 bits per heavy atom. The van der Waals surface area contributed by atoms with Gasteiger partial charge in [-0.25, -0.2) is 0 Å². The zero-order valence-electron chi connectivity index (χ0n) is 12.5. The van der Waals surface area contributed by atoms with Crippen LogP contribution in [0.25, 0.3) is 10.6 Å². The first-order valence-electron chi connectivity index (χ1n) is 6.83. The molecule has 1 amide bonds. The summed E-state index contributed by atoms with van der Waals surface area (Å²) in [6, 6.07) is 7.66. The van der Waals surface area contributed by atoms with Gasteiger partial charge in [-0.2, -0.15) is 0 Å². The molecule has 0 unspecified atom stereocenters. The molecule has 112 valence electrons. The Balaban J connectivity index is 2.12. The number of aliphatic hydroxyl groups is 1. The van der Waals surface area contributed by atoms with Crippen LogP contribution in [-0.2, 0) is 0 Å². The number of rotatable bonds is 5. The van der Waals surface area contributed by atoms with E-state index in [1.54, 1.807) is 17.4 Å². The first kappa shape index (κ1) is 15.7. The zero-order valence-corrected chi connectivity index (χ0v) is 13.3. The number of nitrogens with zero attached hydrogens (tertiary/aromatic N) is 1. The molecule has 2 N–H and O–H groups in total. The van der Waals surface area contributed by atoms with Crippen molar-refractivity contribution in [1.82, 2.24) is 10.3 Å². The average molecular weight is 304 g/mol. The van der Waals surface area contributed by atoms with E-state index in [4.69, 9.17) is 0 Å². The van der Waals surface area contributed by atoms with Gasteiger partial charge in [0.25, 0.3) is 5.91 Å². The van der Waals surface area contributed by atoms with Crippen LogP contribution >= 0.6 is 11.3 Å². The van der Waals surface area contributed by atoms with Crippen molar-refractivity contribution >= 4 is 17.2 Å². The van der Waals surface area contributed by atoms with E-state index in [2.05, 4.69) is 10.3 Å². The maximum absolute atomic E-state index is 12.2. The van der Waals surface area contributed by atoms with Crippen LogP contribution in [0.4, 0.5) is 0 Å². The van der Waals surface area contributed by atoms with Crippen molar-refractivity contribution in [2.24, 2.45) is 5.41 Å². The lowest BCUT2D eigenvalue weighted by molar-refractivity contribution is 0.0910. The summed E-state index contributed by atoms with van der Waals surface area (Å²) < 4.78 is 0. The summed E-state index contributed by atoms with van der Waals surface area (Å²) in [7, 11) is 0. The second-order valence-corrected chi connectivity index (χ2v) is 6.76. The lowest BCUT2D eigenvalue weighted by atomic mass is 9.95. The molecule has 2 heterocycles. The fourth-order valence-electron chi connectivity index (χ4n) is 1.83. The summed E-state index contributed by atoms with van der Waals surface area (Å²) in [4.78, 5) is 17.8. The molecule has 0 aliphatic heterocycles. The molecule has 2 aromatic rings. The van der Waals surface area contributed by atoms with Crippen LogP contribution in [0.2, 0.25) is 0 Å². The Morgan fingerprint density at radius 1 is 1.38 bits per heavy atom. The summed E-state index contributed by atoms with van der Waals surface area (Å²) in [5.41, 5.74) is 1.84. The van der Waals surface area contributed by atoms with Gasteiger partial charge in [-0.1, -0.05) is 19.9 Å². The second-order valence-electron chi connectivity index (χ2n) is 5.81. The number of pyridine rings is 1. The Kier molecular flexibility index (Phi) is 4.75. The van der Waals surface area contributed by atoms with Crippen LogP contribution < -0.4 is 5.32 Å². The van der Waals surface area contributed by atoms with E-state index in [0.717, 1.165) is 10.6 Å². The van der Waals surface area contributed by atoms with E-state index >= 15 is 0 Å². The number of aryl methyl sites for hydroxylation is 1. The maximum Gasteiger partial charge on any atom is 0.253 e. The molecule has 2 aromatic heterocycles. The molecular formula is C16H20N2O2S. The quantitative estimate of drug-likeness (QED) is 0.893. The molecule has 0 saturated carbocycles. The highest BCUT2D eigenvalue weighted by atomic mass is 32.1. The summed E-state index contributed by atoms with van der Waals surface area (Å²) >= 11 is 1.62. The molecule has 0 fully saturated rings. The van der Waals surface area contributed by atoms with Gasteiger partial charge in [0.05, 0.1) is 21.8 Å². The minimum atomic E-state index is -0.325. The van der Waals surface area contributed by atoms with E-state index in [9.17, 15) is 9.90 Å². The summed E-state index contributed by atoms with van der Waals surface area (Å²) in [5.74, 6) is -0.153. The largest absolute Gasteiger partial charge is 0.396 e. The molecule has 0 aliphatic carbocycles. The SMILES string of the molecule is Cc1nc(-c2cccs2)ccc1C(=O)NCC(C)(C)CO. The van der Waals surface area contributed by atoms with Gasteiger partial charge in [0.15, 0.2) is 0 Å². The predicted molar refractivity (Wildman–Crippen MR) is 85.5 cm³/mol. The van der Waals surface area contributed by atoms with Gasteiger partial charge < -0.3 is 10.4 Å². The van der Waals surface area contributed by atoms with Crippen molar-refractivity contribution in [1.29, 1.82) is 0 Å². The predicted octanol–water partition coefficient (Wildman–Crippen LogP) is 2.87. The number of hydrogen-bond donors (Lipinski definition) is 2. The molecule has 0 radical (unpaired) electrons. The topological polar surface area (TPSA) is 62.2 Å². The Hall–Kier alpha value is -1.72. The van der Waals surface area contributed by atoms with Crippen molar-refractivity contribution in [3.8, 4) is 10.6 Å². The van der Waals surface area contributed by atoms with Crippen molar-refractivity contribution in [3.05, 3.63) is 40.9 Å². The third-order valence-corrected chi connectivity index (χ3v) is 4.15. The van der Waals surface area contributed by atoms with E-state index in [0.29, 0.717) is 17.8 Å². The Morgan fingerprint density at radius 2 is 2.14 bits per heavy atom. The molecule has 2 rings (SSSR count). The molecule has 0 atom stereocenters. The molecule has 0 bridgehead atoms. The monoisotopic (exact) mass is 304 g/mol. The minimum Gasteiger partial charge on any atom is -0.396 e. The van der Waals surface area contributed by atoms with E-state index in [1.807, 2.05) is 44.4 Å². The van der Waals surface area contributed by atoms with Crippen molar-refractivity contribution < 1.29 is 9.90 Å². The van der Waals surface area contributed by atoms with Gasteiger partial charge in [-0.15, -0.1) is 11.3 Å². The third kappa shape index (κ3) is 3.89. The first-order valence-corrected chi connectivity index (χ1v) is 7.71. The number of amides is 1. The van der Waals surface area contributed by atoms with E-state index < -0.39 is 0 Å². The van der Waals surface area contributed by atoms with E-state index in [-0.39, 0.29) is 17.9 Å².